The largest absolute Gasteiger partial charge is 0.493 e. The predicted octanol–water partition coefficient (Wildman–Crippen LogP) is 5.68. The van der Waals surface area contributed by atoms with E-state index in [-0.39, 0.29) is 24.3 Å². The zero-order valence-corrected chi connectivity index (χ0v) is 20.2. The lowest BCUT2D eigenvalue weighted by atomic mass is 10.2. The summed E-state index contributed by atoms with van der Waals surface area (Å²) in [5, 5.41) is 0.164. The first-order chi connectivity index (χ1) is 16.9. The van der Waals surface area contributed by atoms with Crippen LogP contribution >= 0.6 is 23.4 Å². The Morgan fingerprint density at radius 3 is 2.34 bits per heavy atom. The SMILES string of the molecule is COc1ccccc1OCCN1C(=O)S/C(=C\c2ccc(OC(=O)c3ccc(Cl)cc3)cc2)C1=O. The molecule has 0 aromatic heterocycles. The third-order valence-corrected chi connectivity index (χ3v) is 6.14. The molecule has 0 unspecified atom stereocenters. The van der Waals surface area contributed by atoms with E-state index in [1.807, 2.05) is 12.1 Å². The van der Waals surface area contributed by atoms with Crippen molar-refractivity contribution in [1.29, 1.82) is 0 Å². The smallest absolute Gasteiger partial charge is 0.343 e. The third-order valence-electron chi connectivity index (χ3n) is 4.98. The van der Waals surface area contributed by atoms with E-state index in [1.54, 1.807) is 73.8 Å². The van der Waals surface area contributed by atoms with Gasteiger partial charge in [0.1, 0.15) is 12.4 Å². The first-order valence-corrected chi connectivity index (χ1v) is 11.7. The number of carbonyl (C=O) groups excluding carboxylic acids is 3. The summed E-state index contributed by atoms with van der Waals surface area (Å²) in [4.78, 5) is 38.8. The molecule has 7 nitrogen and oxygen atoms in total. The van der Waals surface area contributed by atoms with Gasteiger partial charge in [-0.1, -0.05) is 35.9 Å². The molecule has 4 rings (SSSR count). The molecule has 1 fully saturated rings. The van der Waals surface area contributed by atoms with Gasteiger partial charge in [-0.05, 0) is 71.9 Å². The van der Waals surface area contributed by atoms with Gasteiger partial charge in [-0.25, -0.2) is 4.79 Å². The maximum Gasteiger partial charge on any atom is 0.343 e. The van der Waals surface area contributed by atoms with Gasteiger partial charge in [-0.15, -0.1) is 0 Å². The van der Waals surface area contributed by atoms with Crippen LogP contribution in [0.1, 0.15) is 15.9 Å². The van der Waals surface area contributed by atoms with Crippen LogP contribution in [0.5, 0.6) is 17.2 Å². The highest BCUT2D eigenvalue weighted by Crippen LogP contribution is 2.33. The normalized spacial score (nSPS) is 14.3. The Balaban J connectivity index is 1.35. The summed E-state index contributed by atoms with van der Waals surface area (Å²) < 4.78 is 16.3. The molecule has 1 aliphatic rings. The van der Waals surface area contributed by atoms with Gasteiger partial charge in [-0.3, -0.25) is 14.5 Å². The number of imide groups is 1. The Bertz CT molecular complexity index is 1270. The Morgan fingerprint density at radius 2 is 1.66 bits per heavy atom. The first-order valence-electron chi connectivity index (χ1n) is 10.5. The molecule has 1 heterocycles. The molecule has 1 saturated heterocycles. The monoisotopic (exact) mass is 509 g/mol. The van der Waals surface area contributed by atoms with Gasteiger partial charge in [0, 0.05) is 5.02 Å². The van der Waals surface area contributed by atoms with Crippen LogP contribution < -0.4 is 14.2 Å². The lowest BCUT2D eigenvalue weighted by molar-refractivity contribution is -0.123. The highest BCUT2D eigenvalue weighted by Gasteiger charge is 2.34. The van der Waals surface area contributed by atoms with E-state index in [2.05, 4.69) is 0 Å². The molecule has 0 spiro atoms. The zero-order chi connectivity index (χ0) is 24.8. The molecular weight excluding hydrogens is 490 g/mol. The van der Waals surface area contributed by atoms with Crippen LogP contribution in [0.25, 0.3) is 6.08 Å². The summed E-state index contributed by atoms with van der Waals surface area (Å²) in [6.45, 7) is 0.249. The summed E-state index contributed by atoms with van der Waals surface area (Å²) >= 11 is 6.70. The van der Waals surface area contributed by atoms with Crippen molar-refractivity contribution in [3.63, 3.8) is 0 Å². The van der Waals surface area contributed by atoms with E-state index in [0.717, 1.165) is 16.7 Å². The van der Waals surface area contributed by atoms with Crippen molar-refractivity contribution in [2.45, 2.75) is 0 Å². The van der Waals surface area contributed by atoms with Crippen molar-refractivity contribution in [1.82, 2.24) is 4.90 Å². The summed E-state index contributed by atoms with van der Waals surface area (Å²) in [5.41, 5.74) is 1.06. The maximum atomic E-state index is 12.7. The standard InChI is InChI=1S/C26H20ClNO6S/c1-32-21-4-2-3-5-22(21)33-15-14-28-24(29)23(35-26(28)31)16-17-6-12-20(13-7-17)34-25(30)18-8-10-19(27)11-9-18/h2-13,16H,14-15H2,1H3/b23-16-. The number of amides is 2. The maximum absolute atomic E-state index is 12.7. The fourth-order valence-corrected chi connectivity index (χ4v) is 4.20. The van der Waals surface area contributed by atoms with Crippen LogP contribution in [-0.4, -0.2) is 42.3 Å². The van der Waals surface area contributed by atoms with Gasteiger partial charge in [0.2, 0.25) is 0 Å². The second-order valence-electron chi connectivity index (χ2n) is 7.30. The number of hydrogen-bond donors (Lipinski definition) is 0. The van der Waals surface area contributed by atoms with Crippen molar-refractivity contribution < 1.29 is 28.6 Å². The van der Waals surface area contributed by atoms with E-state index in [9.17, 15) is 14.4 Å². The molecule has 0 radical (unpaired) electrons. The fourth-order valence-electron chi connectivity index (χ4n) is 3.21. The molecule has 35 heavy (non-hydrogen) atoms. The highest BCUT2D eigenvalue weighted by molar-refractivity contribution is 8.18. The first kappa shape index (κ1) is 24.4. The average molecular weight is 510 g/mol. The second-order valence-corrected chi connectivity index (χ2v) is 8.73. The van der Waals surface area contributed by atoms with Crippen LogP contribution in [0.15, 0.2) is 77.7 Å². The number of nitrogens with zero attached hydrogens (tertiary/aromatic N) is 1. The van der Waals surface area contributed by atoms with Crippen LogP contribution in [0.2, 0.25) is 5.02 Å². The highest BCUT2D eigenvalue weighted by atomic mass is 35.5. The Morgan fingerprint density at radius 1 is 0.971 bits per heavy atom. The van der Waals surface area contributed by atoms with E-state index in [4.69, 9.17) is 25.8 Å². The van der Waals surface area contributed by atoms with Gasteiger partial charge >= 0.3 is 5.97 Å². The third kappa shape index (κ3) is 6.03. The van der Waals surface area contributed by atoms with E-state index in [0.29, 0.717) is 38.3 Å². The topological polar surface area (TPSA) is 82.1 Å². The summed E-state index contributed by atoms with van der Waals surface area (Å²) in [7, 11) is 1.54. The molecular formula is C26H20ClNO6S. The number of methoxy groups -OCH3 is 1. The summed E-state index contributed by atoms with van der Waals surface area (Å²) in [5.74, 6) is 0.564. The van der Waals surface area contributed by atoms with Crippen LogP contribution in [-0.2, 0) is 4.79 Å². The number of esters is 1. The zero-order valence-electron chi connectivity index (χ0n) is 18.6. The molecule has 178 valence electrons. The Labute approximate surface area is 211 Å². The van der Waals surface area contributed by atoms with Gasteiger partial charge in [0.15, 0.2) is 11.5 Å². The molecule has 3 aromatic carbocycles. The number of hydrogen-bond acceptors (Lipinski definition) is 7. The van der Waals surface area contributed by atoms with Crippen molar-refractivity contribution in [3.05, 3.63) is 93.9 Å². The molecule has 9 heteroatoms. The minimum atomic E-state index is -0.508. The number of rotatable bonds is 8. The van der Waals surface area contributed by atoms with Crippen molar-refractivity contribution in [3.8, 4) is 17.2 Å². The van der Waals surface area contributed by atoms with E-state index < -0.39 is 5.97 Å². The van der Waals surface area contributed by atoms with E-state index in [1.165, 1.54) is 0 Å². The van der Waals surface area contributed by atoms with E-state index >= 15 is 0 Å². The fraction of sp³-hybridized carbons (Fsp3) is 0.115. The predicted molar refractivity (Wildman–Crippen MR) is 134 cm³/mol. The number of halogens is 1. The number of ether oxygens (including phenoxy) is 3. The molecule has 0 saturated carbocycles. The van der Waals surface area contributed by atoms with Crippen LogP contribution in [0.3, 0.4) is 0 Å². The Hall–Kier alpha value is -3.75. The quantitative estimate of drug-likeness (QED) is 0.219. The number of carbonyl (C=O) groups is 3. The minimum Gasteiger partial charge on any atom is -0.493 e. The van der Waals surface area contributed by atoms with Crippen molar-refractivity contribution in [2.24, 2.45) is 0 Å². The number of thioether (sulfide) groups is 1. The average Bonchev–Trinajstić information content (AvgIpc) is 3.13. The molecule has 2 amide bonds. The number of para-hydroxylation sites is 2. The van der Waals surface area contributed by atoms with Gasteiger partial charge in [0.05, 0.1) is 24.1 Å². The number of benzene rings is 3. The van der Waals surface area contributed by atoms with Crippen molar-refractivity contribution >= 4 is 46.6 Å². The summed E-state index contributed by atoms with van der Waals surface area (Å²) in [6, 6.07) is 20.2. The lowest BCUT2D eigenvalue weighted by Gasteiger charge is -2.14. The molecule has 1 aliphatic heterocycles. The molecule has 0 bridgehead atoms. The van der Waals surface area contributed by atoms with Gasteiger partial charge in [-0.2, -0.15) is 0 Å². The minimum absolute atomic E-state index is 0.111. The Kier molecular flexibility index (Phi) is 7.74. The molecule has 3 aromatic rings. The second kappa shape index (κ2) is 11.1. The lowest BCUT2D eigenvalue weighted by Crippen LogP contribution is -2.32. The summed E-state index contributed by atoms with van der Waals surface area (Å²) in [6.07, 6.45) is 1.62. The van der Waals surface area contributed by atoms with Crippen LogP contribution in [0.4, 0.5) is 4.79 Å². The molecule has 0 aliphatic carbocycles. The molecule has 0 N–H and O–H groups in total. The van der Waals surface area contributed by atoms with Gasteiger partial charge < -0.3 is 14.2 Å². The van der Waals surface area contributed by atoms with Gasteiger partial charge in [0.25, 0.3) is 11.1 Å². The van der Waals surface area contributed by atoms with Crippen molar-refractivity contribution in [2.75, 3.05) is 20.3 Å². The van der Waals surface area contributed by atoms with Crippen LogP contribution in [0, 0.1) is 0 Å². The molecule has 0 atom stereocenters.